The zero-order valence-corrected chi connectivity index (χ0v) is 16.7. The smallest absolute Gasteiger partial charge is 0.283 e. The van der Waals surface area contributed by atoms with Gasteiger partial charge in [-0.25, -0.2) is 0 Å². The Kier molecular flexibility index (Phi) is 4.95. The summed E-state index contributed by atoms with van der Waals surface area (Å²) in [5.41, 5.74) is 1.35. The normalized spacial score (nSPS) is 13.6. The van der Waals surface area contributed by atoms with E-state index >= 15 is 0 Å². The fourth-order valence-electron chi connectivity index (χ4n) is 3.12. The second-order valence-corrected chi connectivity index (χ2v) is 7.08. The summed E-state index contributed by atoms with van der Waals surface area (Å²) in [6, 6.07) is 8.93. The monoisotopic (exact) mass is 400 g/mol. The van der Waals surface area contributed by atoms with Crippen LogP contribution in [0.5, 0.6) is 23.0 Å². The van der Waals surface area contributed by atoms with Crippen molar-refractivity contribution in [1.82, 2.24) is 4.57 Å². The topological polar surface area (TPSA) is 71.3 Å². The Morgan fingerprint density at radius 3 is 2.57 bits per heavy atom. The number of ether oxygens (including phenoxy) is 4. The van der Waals surface area contributed by atoms with Gasteiger partial charge in [-0.15, -0.1) is 0 Å². The highest BCUT2D eigenvalue weighted by molar-refractivity contribution is 7.16. The Labute approximate surface area is 165 Å². The highest BCUT2D eigenvalue weighted by Gasteiger charge is 2.17. The van der Waals surface area contributed by atoms with Crippen molar-refractivity contribution >= 4 is 27.5 Å². The number of rotatable bonds is 4. The molecule has 1 aromatic heterocycles. The summed E-state index contributed by atoms with van der Waals surface area (Å²) in [5.74, 6) is 2.11. The molecule has 0 atom stereocenters. The van der Waals surface area contributed by atoms with Crippen molar-refractivity contribution in [2.75, 3.05) is 27.4 Å². The van der Waals surface area contributed by atoms with Gasteiger partial charge in [0.05, 0.1) is 30.0 Å². The van der Waals surface area contributed by atoms with Gasteiger partial charge in [-0.05, 0) is 19.1 Å². The van der Waals surface area contributed by atoms with Crippen LogP contribution in [0.1, 0.15) is 17.3 Å². The molecule has 0 saturated carbocycles. The van der Waals surface area contributed by atoms with Crippen molar-refractivity contribution in [3.8, 4) is 23.0 Å². The SMILES string of the molecule is CCn1c(=NC(=O)c2ccc(OC)cc2OC)sc2cc3c(cc21)OCCO3. The zero-order valence-electron chi connectivity index (χ0n) is 15.9. The van der Waals surface area contributed by atoms with Gasteiger partial charge in [0.15, 0.2) is 16.3 Å². The third-order valence-corrected chi connectivity index (χ3v) is 5.54. The molecule has 0 bridgehead atoms. The molecule has 8 heteroatoms. The van der Waals surface area contributed by atoms with Crippen molar-refractivity contribution in [3.63, 3.8) is 0 Å². The van der Waals surface area contributed by atoms with Gasteiger partial charge in [0.2, 0.25) is 0 Å². The molecule has 0 aliphatic carbocycles. The van der Waals surface area contributed by atoms with E-state index in [0.717, 1.165) is 16.0 Å². The number of methoxy groups -OCH3 is 2. The van der Waals surface area contributed by atoms with E-state index in [2.05, 4.69) is 4.99 Å². The number of benzene rings is 2. The van der Waals surface area contributed by atoms with Crippen molar-refractivity contribution < 1.29 is 23.7 Å². The summed E-state index contributed by atoms with van der Waals surface area (Å²) in [6.07, 6.45) is 0. The molecule has 28 heavy (non-hydrogen) atoms. The molecule has 1 aliphatic heterocycles. The maximum absolute atomic E-state index is 12.9. The number of hydrogen-bond acceptors (Lipinski definition) is 6. The predicted molar refractivity (Wildman–Crippen MR) is 106 cm³/mol. The Bertz CT molecular complexity index is 1120. The third-order valence-electron chi connectivity index (χ3n) is 4.50. The molecule has 0 spiro atoms. The number of aryl methyl sites for hydroxylation is 1. The van der Waals surface area contributed by atoms with Gasteiger partial charge in [-0.1, -0.05) is 11.3 Å². The quantitative estimate of drug-likeness (QED) is 0.672. The van der Waals surface area contributed by atoms with Gasteiger partial charge in [-0.3, -0.25) is 4.79 Å². The predicted octanol–water partition coefficient (Wildman–Crippen LogP) is 3.25. The van der Waals surface area contributed by atoms with Crippen LogP contribution in [0.3, 0.4) is 0 Å². The van der Waals surface area contributed by atoms with Crippen LogP contribution in [-0.4, -0.2) is 37.9 Å². The van der Waals surface area contributed by atoms with Gasteiger partial charge in [0, 0.05) is 24.7 Å². The largest absolute Gasteiger partial charge is 0.497 e. The lowest BCUT2D eigenvalue weighted by molar-refractivity contribution is 0.0995. The average Bonchev–Trinajstić information content (AvgIpc) is 3.06. The second kappa shape index (κ2) is 7.55. The first kappa shape index (κ1) is 18.4. The van der Waals surface area contributed by atoms with E-state index in [9.17, 15) is 4.79 Å². The van der Waals surface area contributed by atoms with Crippen molar-refractivity contribution in [3.05, 3.63) is 40.7 Å². The molecular weight excluding hydrogens is 380 g/mol. The third kappa shape index (κ3) is 3.20. The molecule has 4 rings (SSSR count). The number of thiazole rings is 1. The summed E-state index contributed by atoms with van der Waals surface area (Å²) in [5, 5.41) is 0. The van der Waals surface area contributed by atoms with Gasteiger partial charge in [0.1, 0.15) is 24.7 Å². The van der Waals surface area contributed by atoms with E-state index in [1.807, 2.05) is 23.6 Å². The average molecular weight is 400 g/mol. The molecule has 1 amide bonds. The summed E-state index contributed by atoms with van der Waals surface area (Å²) >= 11 is 1.44. The molecule has 0 unspecified atom stereocenters. The highest BCUT2D eigenvalue weighted by atomic mass is 32.1. The van der Waals surface area contributed by atoms with Crippen LogP contribution >= 0.6 is 11.3 Å². The fraction of sp³-hybridized carbons (Fsp3) is 0.300. The molecule has 3 aromatic rings. The molecule has 146 valence electrons. The fourth-order valence-corrected chi connectivity index (χ4v) is 4.22. The van der Waals surface area contributed by atoms with Crippen LogP contribution in [0.15, 0.2) is 35.3 Å². The molecule has 0 radical (unpaired) electrons. The molecule has 2 aromatic carbocycles. The van der Waals surface area contributed by atoms with Gasteiger partial charge in [0.25, 0.3) is 5.91 Å². The van der Waals surface area contributed by atoms with E-state index in [1.54, 1.807) is 25.3 Å². The van der Waals surface area contributed by atoms with Crippen LogP contribution in [0.2, 0.25) is 0 Å². The number of carbonyl (C=O) groups excluding carboxylic acids is 1. The first-order valence-corrected chi connectivity index (χ1v) is 9.70. The zero-order chi connectivity index (χ0) is 19.7. The van der Waals surface area contributed by atoms with E-state index in [4.69, 9.17) is 18.9 Å². The number of aromatic nitrogens is 1. The number of carbonyl (C=O) groups is 1. The standard InChI is InChI=1S/C20H20N2O5S/c1-4-22-14-10-16-17(27-8-7-26-16)11-18(14)28-20(22)21-19(23)13-6-5-12(24-2)9-15(13)25-3/h5-6,9-11H,4,7-8H2,1-3H3. The first-order valence-electron chi connectivity index (χ1n) is 8.88. The maximum Gasteiger partial charge on any atom is 0.283 e. The highest BCUT2D eigenvalue weighted by Crippen LogP contribution is 2.35. The van der Waals surface area contributed by atoms with Crippen LogP contribution in [0, 0.1) is 0 Å². The molecule has 0 N–H and O–H groups in total. The summed E-state index contributed by atoms with van der Waals surface area (Å²) in [4.78, 5) is 17.8. The lowest BCUT2D eigenvalue weighted by Crippen LogP contribution is -2.17. The number of hydrogen-bond donors (Lipinski definition) is 0. The molecule has 7 nitrogen and oxygen atoms in total. The Balaban J connectivity index is 1.82. The molecule has 1 aliphatic rings. The first-order chi connectivity index (χ1) is 13.6. The Hall–Kier alpha value is -3.00. The maximum atomic E-state index is 12.9. The number of amides is 1. The summed E-state index contributed by atoms with van der Waals surface area (Å²) in [6.45, 7) is 3.75. The molecule has 0 saturated heterocycles. The Morgan fingerprint density at radius 2 is 1.89 bits per heavy atom. The minimum atomic E-state index is -0.370. The van der Waals surface area contributed by atoms with Gasteiger partial charge in [-0.2, -0.15) is 4.99 Å². The van der Waals surface area contributed by atoms with Gasteiger partial charge >= 0.3 is 0 Å². The summed E-state index contributed by atoms with van der Waals surface area (Å²) < 4.78 is 24.8. The molecule has 2 heterocycles. The van der Waals surface area contributed by atoms with Crippen molar-refractivity contribution in [2.45, 2.75) is 13.5 Å². The van der Waals surface area contributed by atoms with Crippen molar-refractivity contribution in [1.29, 1.82) is 0 Å². The minimum Gasteiger partial charge on any atom is -0.497 e. The lowest BCUT2D eigenvalue weighted by Gasteiger charge is -2.18. The summed E-state index contributed by atoms with van der Waals surface area (Å²) in [7, 11) is 3.08. The lowest BCUT2D eigenvalue weighted by atomic mass is 10.2. The number of fused-ring (bicyclic) bond motifs is 2. The number of nitrogens with zero attached hydrogens (tertiary/aromatic N) is 2. The van der Waals surface area contributed by atoms with Gasteiger partial charge < -0.3 is 23.5 Å². The minimum absolute atomic E-state index is 0.370. The van der Waals surface area contributed by atoms with Crippen LogP contribution in [-0.2, 0) is 6.54 Å². The van der Waals surface area contributed by atoms with Crippen molar-refractivity contribution in [2.24, 2.45) is 4.99 Å². The van der Waals surface area contributed by atoms with E-state index in [0.29, 0.717) is 47.4 Å². The van der Waals surface area contributed by atoms with Crippen LogP contribution in [0.25, 0.3) is 10.2 Å². The Morgan fingerprint density at radius 1 is 1.14 bits per heavy atom. The molecular formula is C20H20N2O5S. The van der Waals surface area contributed by atoms with E-state index in [-0.39, 0.29) is 5.91 Å². The van der Waals surface area contributed by atoms with E-state index in [1.165, 1.54) is 18.4 Å². The second-order valence-electron chi connectivity index (χ2n) is 6.08. The van der Waals surface area contributed by atoms with Crippen LogP contribution in [0.4, 0.5) is 0 Å². The molecule has 0 fully saturated rings. The van der Waals surface area contributed by atoms with Crippen LogP contribution < -0.4 is 23.7 Å². The van der Waals surface area contributed by atoms with E-state index < -0.39 is 0 Å².